The van der Waals surface area contributed by atoms with Crippen LogP contribution >= 0.6 is 0 Å². The molecule has 4 heteroatoms. The van der Waals surface area contributed by atoms with Gasteiger partial charge in [0, 0.05) is 17.9 Å². The fourth-order valence-electron chi connectivity index (χ4n) is 3.02. The Morgan fingerprint density at radius 2 is 1.89 bits per heavy atom. The van der Waals surface area contributed by atoms with E-state index in [1.807, 2.05) is 0 Å². The lowest BCUT2D eigenvalue weighted by Gasteiger charge is -2.26. The van der Waals surface area contributed by atoms with Crippen LogP contribution in [-0.2, 0) is 5.41 Å². The fraction of sp³-hybridized carbons (Fsp3) is 0.857. The molecule has 4 nitrogen and oxygen atoms in total. The van der Waals surface area contributed by atoms with E-state index in [-0.39, 0.29) is 5.41 Å². The number of nitrogens with zero attached hydrogens (tertiary/aromatic N) is 2. The van der Waals surface area contributed by atoms with Crippen LogP contribution < -0.4 is 5.73 Å². The summed E-state index contributed by atoms with van der Waals surface area (Å²) in [5, 5.41) is 7.63. The Morgan fingerprint density at radius 1 is 1.22 bits per heavy atom. The molecule has 0 amide bonds. The molecule has 3 N–H and O–H groups in total. The molecule has 0 atom stereocenters. The summed E-state index contributed by atoms with van der Waals surface area (Å²) < 4.78 is 0. The highest BCUT2D eigenvalue weighted by Gasteiger charge is 2.32. The van der Waals surface area contributed by atoms with Crippen LogP contribution in [-0.4, -0.2) is 21.7 Å². The zero-order valence-electron chi connectivity index (χ0n) is 11.7. The molecule has 102 valence electrons. The summed E-state index contributed by atoms with van der Waals surface area (Å²) >= 11 is 0. The van der Waals surface area contributed by atoms with Crippen molar-refractivity contribution in [1.82, 2.24) is 15.2 Å². The topological polar surface area (TPSA) is 67.6 Å². The van der Waals surface area contributed by atoms with E-state index in [0.717, 1.165) is 24.5 Å². The Balaban J connectivity index is 2.18. The van der Waals surface area contributed by atoms with Crippen molar-refractivity contribution in [2.75, 3.05) is 6.54 Å². The fourth-order valence-corrected chi connectivity index (χ4v) is 3.02. The van der Waals surface area contributed by atoms with E-state index >= 15 is 0 Å². The van der Waals surface area contributed by atoms with Gasteiger partial charge in [0.05, 0.1) is 0 Å². The molecule has 0 bridgehead atoms. The molecule has 0 aromatic carbocycles. The van der Waals surface area contributed by atoms with Crippen LogP contribution in [0.25, 0.3) is 0 Å². The van der Waals surface area contributed by atoms with Crippen molar-refractivity contribution in [3.8, 4) is 0 Å². The van der Waals surface area contributed by atoms with Gasteiger partial charge in [-0.3, -0.25) is 5.10 Å². The van der Waals surface area contributed by atoms with Gasteiger partial charge in [-0.1, -0.05) is 33.1 Å². The first-order valence-corrected chi connectivity index (χ1v) is 7.38. The number of aromatic nitrogens is 3. The van der Waals surface area contributed by atoms with Crippen LogP contribution in [0.4, 0.5) is 0 Å². The molecular formula is C14H26N4. The number of hydrogen-bond acceptors (Lipinski definition) is 3. The minimum absolute atomic E-state index is 0.0383. The van der Waals surface area contributed by atoms with Gasteiger partial charge >= 0.3 is 0 Å². The lowest BCUT2D eigenvalue weighted by atomic mass is 9.81. The van der Waals surface area contributed by atoms with E-state index in [2.05, 4.69) is 24.0 Å². The standard InChI is InChI=1S/C14H26N4/c1-3-14(4-2,10-15)13-16-12(17-18-13)11-8-6-5-7-9-11/h11H,3-10,15H2,1-2H3,(H,16,17,18). The highest BCUT2D eigenvalue weighted by Crippen LogP contribution is 2.33. The second-order valence-electron chi connectivity index (χ2n) is 5.57. The van der Waals surface area contributed by atoms with Crippen LogP contribution in [0.1, 0.15) is 76.4 Å². The first-order valence-electron chi connectivity index (χ1n) is 7.38. The lowest BCUT2D eigenvalue weighted by Crippen LogP contribution is -2.35. The van der Waals surface area contributed by atoms with Crippen LogP contribution in [0.15, 0.2) is 0 Å². The number of aromatic amines is 1. The molecular weight excluding hydrogens is 224 g/mol. The predicted molar refractivity (Wildman–Crippen MR) is 73.5 cm³/mol. The number of nitrogens with two attached hydrogens (primary N) is 1. The quantitative estimate of drug-likeness (QED) is 0.844. The summed E-state index contributed by atoms with van der Waals surface area (Å²) in [7, 11) is 0. The minimum atomic E-state index is -0.0383. The Labute approximate surface area is 110 Å². The smallest absolute Gasteiger partial charge is 0.158 e. The third-order valence-electron chi connectivity index (χ3n) is 4.71. The Morgan fingerprint density at radius 3 is 2.44 bits per heavy atom. The van der Waals surface area contributed by atoms with E-state index in [9.17, 15) is 0 Å². The second kappa shape index (κ2) is 5.83. The third-order valence-corrected chi connectivity index (χ3v) is 4.71. The second-order valence-corrected chi connectivity index (χ2v) is 5.57. The molecule has 0 radical (unpaired) electrons. The average molecular weight is 250 g/mol. The molecule has 0 aliphatic heterocycles. The Hall–Kier alpha value is -0.900. The van der Waals surface area contributed by atoms with Gasteiger partial charge in [0.2, 0.25) is 0 Å². The maximum Gasteiger partial charge on any atom is 0.158 e. The van der Waals surface area contributed by atoms with Gasteiger partial charge in [0.25, 0.3) is 0 Å². The van der Waals surface area contributed by atoms with Crippen LogP contribution in [0, 0.1) is 0 Å². The molecule has 0 unspecified atom stereocenters. The highest BCUT2D eigenvalue weighted by molar-refractivity contribution is 5.10. The molecule has 0 saturated heterocycles. The molecule has 1 fully saturated rings. The van der Waals surface area contributed by atoms with E-state index in [1.54, 1.807) is 0 Å². The number of hydrogen-bond donors (Lipinski definition) is 2. The molecule has 1 saturated carbocycles. The van der Waals surface area contributed by atoms with Gasteiger partial charge < -0.3 is 5.73 Å². The molecule has 1 aliphatic rings. The maximum atomic E-state index is 5.95. The maximum absolute atomic E-state index is 5.95. The van der Waals surface area contributed by atoms with Crippen molar-refractivity contribution in [3.05, 3.63) is 11.6 Å². The van der Waals surface area contributed by atoms with Crippen LogP contribution in [0.3, 0.4) is 0 Å². The van der Waals surface area contributed by atoms with Crippen molar-refractivity contribution >= 4 is 0 Å². The minimum Gasteiger partial charge on any atom is -0.329 e. The van der Waals surface area contributed by atoms with Crippen molar-refractivity contribution < 1.29 is 0 Å². The molecule has 1 heterocycles. The molecule has 0 spiro atoms. The normalized spacial score (nSPS) is 18.2. The van der Waals surface area contributed by atoms with Crippen molar-refractivity contribution in [2.45, 2.75) is 70.1 Å². The molecule has 2 rings (SSSR count). The summed E-state index contributed by atoms with van der Waals surface area (Å²) in [4.78, 5) is 4.77. The van der Waals surface area contributed by atoms with Gasteiger partial charge in [-0.2, -0.15) is 5.10 Å². The van der Waals surface area contributed by atoms with Gasteiger partial charge in [-0.25, -0.2) is 4.98 Å². The predicted octanol–water partition coefficient (Wildman–Crippen LogP) is 2.87. The molecule has 1 aromatic heterocycles. The third kappa shape index (κ3) is 2.44. The van der Waals surface area contributed by atoms with Crippen molar-refractivity contribution in [1.29, 1.82) is 0 Å². The highest BCUT2D eigenvalue weighted by atomic mass is 15.2. The van der Waals surface area contributed by atoms with E-state index in [0.29, 0.717) is 12.5 Å². The van der Waals surface area contributed by atoms with E-state index < -0.39 is 0 Å². The Bertz CT molecular complexity index is 353. The van der Waals surface area contributed by atoms with Crippen LogP contribution in [0.5, 0.6) is 0 Å². The van der Waals surface area contributed by atoms with Crippen molar-refractivity contribution in [3.63, 3.8) is 0 Å². The molecule has 1 aromatic rings. The lowest BCUT2D eigenvalue weighted by molar-refractivity contribution is 0.382. The number of rotatable bonds is 5. The number of nitrogens with one attached hydrogen (secondary N) is 1. The summed E-state index contributed by atoms with van der Waals surface area (Å²) in [5.41, 5.74) is 5.92. The molecule has 18 heavy (non-hydrogen) atoms. The summed E-state index contributed by atoms with van der Waals surface area (Å²) in [6, 6.07) is 0. The first-order chi connectivity index (χ1) is 8.75. The SMILES string of the molecule is CCC(CC)(CN)c1n[nH]c(C2CCCCC2)n1. The summed E-state index contributed by atoms with van der Waals surface area (Å²) in [5.74, 6) is 2.60. The van der Waals surface area contributed by atoms with Gasteiger partial charge in [0.15, 0.2) is 5.82 Å². The first kappa shape index (κ1) is 13.5. The van der Waals surface area contributed by atoms with Crippen molar-refractivity contribution in [2.24, 2.45) is 5.73 Å². The largest absolute Gasteiger partial charge is 0.329 e. The number of H-pyrrole nitrogens is 1. The van der Waals surface area contributed by atoms with E-state index in [4.69, 9.17) is 10.7 Å². The molecule has 1 aliphatic carbocycles. The van der Waals surface area contributed by atoms with Gasteiger partial charge in [-0.05, 0) is 25.7 Å². The van der Waals surface area contributed by atoms with Gasteiger partial charge in [0.1, 0.15) is 5.82 Å². The zero-order chi connectivity index (χ0) is 13.0. The van der Waals surface area contributed by atoms with E-state index in [1.165, 1.54) is 32.1 Å². The summed E-state index contributed by atoms with van der Waals surface area (Å²) in [6.07, 6.45) is 8.53. The van der Waals surface area contributed by atoms with Gasteiger partial charge in [-0.15, -0.1) is 0 Å². The summed E-state index contributed by atoms with van der Waals surface area (Å²) in [6.45, 7) is 4.97. The zero-order valence-corrected chi connectivity index (χ0v) is 11.7. The Kier molecular flexibility index (Phi) is 4.38. The average Bonchev–Trinajstić information content (AvgIpc) is 2.93. The monoisotopic (exact) mass is 250 g/mol. The van der Waals surface area contributed by atoms with Crippen LogP contribution in [0.2, 0.25) is 0 Å².